The van der Waals surface area contributed by atoms with Gasteiger partial charge in [-0.15, -0.1) is 0 Å². The van der Waals surface area contributed by atoms with Crippen molar-refractivity contribution in [3.63, 3.8) is 0 Å². The van der Waals surface area contributed by atoms with Crippen LogP contribution in [0.2, 0.25) is 0 Å². The first kappa shape index (κ1) is 26.4. The molecular formula is C26H31F3N2O4. The molecule has 2 N–H and O–H groups in total. The minimum atomic E-state index is -4.56. The second-order valence-corrected chi connectivity index (χ2v) is 9.42. The van der Waals surface area contributed by atoms with Crippen LogP contribution in [0.25, 0.3) is 0 Å². The third kappa shape index (κ3) is 6.90. The lowest BCUT2D eigenvalue weighted by Crippen LogP contribution is -2.37. The number of rotatable bonds is 8. The molecule has 2 aromatic rings. The van der Waals surface area contributed by atoms with Gasteiger partial charge >= 0.3 is 12.1 Å². The van der Waals surface area contributed by atoms with Gasteiger partial charge in [0.1, 0.15) is 5.75 Å². The van der Waals surface area contributed by atoms with Gasteiger partial charge in [-0.2, -0.15) is 13.2 Å². The summed E-state index contributed by atoms with van der Waals surface area (Å²) in [6.45, 7) is 5.81. The molecule has 190 valence electrons. The van der Waals surface area contributed by atoms with Crippen molar-refractivity contribution < 1.29 is 32.6 Å². The van der Waals surface area contributed by atoms with Crippen molar-refractivity contribution in [2.45, 2.75) is 64.3 Å². The van der Waals surface area contributed by atoms with Crippen molar-refractivity contribution in [1.29, 1.82) is 0 Å². The van der Waals surface area contributed by atoms with Gasteiger partial charge in [-0.25, -0.2) is 4.79 Å². The maximum atomic E-state index is 13.8. The second-order valence-electron chi connectivity index (χ2n) is 9.42. The first-order valence-corrected chi connectivity index (χ1v) is 11.7. The molecule has 0 aromatic heterocycles. The highest BCUT2D eigenvalue weighted by Crippen LogP contribution is 2.38. The molecule has 1 amide bonds. The van der Waals surface area contributed by atoms with E-state index in [2.05, 4.69) is 5.32 Å². The fraction of sp³-hybridized carbons (Fsp3) is 0.462. The molecule has 6 nitrogen and oxygen atoms in total. The lowest BCUT2D eigenvalue weighted by Gasteiger charge is -2.31. The van der Waals surface area contributed by atoms with Gasteiger partial charge in [0.2, 0.25) is 0 Å². The Bertz CT molecular complexity index is 1050. The van der Waals surface area contributed by atoms with Gasteiger partial charge < -0.3 is 20.1 Å². The van der Waals surface area contributed by atoms with Crippen LogP contribution in [0, 0.1) is 0 Å². The molecule has 0 aliphatic carbocycles. The maximum Gasteiger partial charge on any atom is 0.418 e. The second kappa shape index (κ2) is 10.6. The number of hydrogen-bond acceptors (Lipinski definition) is 4. The molecule has 1 atom stereocenters. The predicted octanol–water partition coefficient (Wildman–Crippen LogP) is 5.30. The molecule has 1 unspecified atom stereocenters. The van der Waals surface area contributed by atoms with Crippen molar-refractivity contribution in [3.8, 4) is 5.75 Å². The Balaban J connectivity index is 1.66. The van der Waals surface area contributed by atoms with E-state index in [4.69, 9.17) is 9.84 Å². The Hall–Kier alpha value is -3.23. The van der Waals surface area contributed by atoms with Crippen LogP contribution < -0.4 is 15.0 Å². The van der Waals surface area contributed by atoms with Gasteiger partial charge in [-0.05, 0) is 82.3 Å². The first-order valence-electron chi connectivity index (χ1n) is 11.7. The van der Waals surface area contributed by atoms with E-state index >= 15 is 0 Å². The van der Waals surface area contributed by atoms with Crippen molar-refractivity contribution in [1.82, 2.24) is 5.32 Å². The summed E-state index contributed by atoms with van der Waals surface area (Å²) in [5, 5.41) is 11.9. The van der Waals surface area contributed by atoms with E-state index < -0.39 is 29.2 Å². The van der Waals surface area contributed by atoms with Gasteiger partial charge in [0.05, 0.1) is 5.56 Å². The van der Waals surface area contributed by atoms with E-state index in [1.54, 1.807) is 36.1 Å². The lowest BCUT2D eigenvalue weighted by molar-refractivity contribution is -0.152. The van der Waals surface area contributed by atoms with Crippen LogP contribution in [0.5, 0.6) is 5.75 Å². The van der Waals surface area contributed by atoms with Gasteiger partial charge in [0.15, 0.2) is 5.60 Å². The summed E-state index contributed by atoms with van der Waals surface area (Å²) in [7, 11) is 0. The number of carboxylic acid groups (broad SMARTS) is 1. The van der Waals surface area contributed by atoms with Gasteiger partial charge in [-0.1, -0.05) is 12.1 Å². The molecule has 0 saturated carbocycles. The Labute approximate surface area is 203 Å². The van der Waals surface area contributed by atoms with Gasteiger partial charge in [-0.3, -0.25) is 4.79 Å². The molecule has 35 heavy (non-hydrogen) atoms. The van der Waals surface area contributed by atoms with Crippen LogP contribution in [0.4, 0.5) is 18.9 Å². The van der Waals surface area contributed by atoms with E-state index in [1.807, 2.05) is 0 Å². The molecule has 0 radical (unpaired) electrons. The third-order valence-corrected chi connectivity index (χ3v) is 5.99. The summed E-state index contributed by atoms with van der Waals surface area (Å²) >= 11 is 0. The monoisotopic (exact) mass is 492 g/mol. The van der Waals surface area contributed by atoms with E-state index in [9.17, 15) is 22.8 Å². The number of halogens is 3. The zero-order valence-electron chi connectivity index (χ0n) is 20.1. The van der Waals surface area contributed by atoms with Crippen molar-refractivity contribution >= 4 is 17.6 Å². The molecule has 1 saturated heterocycles. The molecule has 0 bridgehead atoms. The van der Waals surface area contributed by atoms with Crippen molar-refractivity contribution in [3.05, 3.63) is 59.2 Å². The number of piperidine rings is 1. The summed E-state index contributed by atoms with van der Waals surface area (Å²) in [6, 6.07) is 10.2. The van der Waals surface area contributed by atoms with Crippen LogP contribution >= 0.6 is 0 Å². The predicted molar refractivity (Wildman–Crippen MR) is 127 cm³/mol. The summed E-state index contributed by atoms with van der Waals surface area (Å²) in [5.41, 5.74) is -1.23. The largest absolute Gasteiger partial charge is 0.478 e. The van der Waals surface area contributed by atoms with Crippen LogP contribution in [0.1, 0.15) is 61.5 Å². The maximum absolute atomic E-state index is 13.8. The zero-order valence-corrected chi connectivity index (χ0v) is 20.1. The van der Waals surface area contributed by atoms with Gasteiger partial charge in [0, 0.05) is 30.4 Å². The van der Waals surface area contributed by atoms with Crippen LogP contribution in [0.3, 0.4) is 0 Å². The van der Waals surface area contributed by atoms with Crippen molar-refractivity contribution in [2.24, 2.45) is 0 Å². The first-order chi connectivity index (χ1) is 16.4. The standard InChI is InChI=1S/C26H31F3N2O4/c1-17(15-18-7-10-20(11-8-18)35-25(2,3)24(33)34)30-23(32)19-9-12-22(21(16-19)26(27,28)29)31-13-5-4-6-14-31/h7-12,16-17H,4-6,13-15H2,1-3H3,(H,30,32)(H,33,34). The number of carbonyl (C=O) groups is 2. The number of anilines is 1. The topological polar surface area (TPSA) is 78.9 Å². The number of ether oxygens (including phenoxy) is 1. The van der Waals surface area contributed by atoms with Crippen LogP contribution in [-0.4, -0.2) is 41.7 Å². The van der Waals surface area contributed by atoms with E-state index in [0.717, 1.165) is 30.9 Å². The lowest BCUT2D eigenvalue weighted by atomic mass is 10.0. The third-order valence-electron chi connectivity index (χ3n) is 5.99. The van der Waals surface area contributed by atoms with Crippen LogP contribution in [-0.2, 0) is 17.4 Å². The highest BCUT2D eigenvalue weighted by atomic mass is 19.4. The normalized spacial score (nSPS) is 15.4. The Morgan fingerprint density at radius 2 is 1.69 bits per heavy atom. The van der Waals surface area contributed by atoms with Gasteiger partial charge in [0.25, 0.3) is 5.91 Å². The molecular weight excluding hydrogens is 461 g/mol. The number of alkyl halides is 3. The minimum absolute atomic E-state index is 0.0374. The summed E-state index contributed by atoms with van der Waals surface area (Å²) in [4.78, 5) is 25.7. The molecule has 1 aliphatic heterocycles. The number of amides is 1. The Morgan fingerprint density at radius 3 is 2.26 bits per heavy atom. The number of benzene rings is 2. The van der Waals surface area contributed by atoms with Crippen molar-refractivity contribution in [2.75, 3.05) is 18.0 Å². The van der Waals surface area contributed by atoms with E-state index in [1.165, 1.54) is 26.0 Å². The number of nitrogens with one attached hydrogen (secondary N) is 1. The molecule has 1 fully saturated rings. The quantitative estimate of drug-likeness (QED) is 0.523. The molecule has 0 spiro atoms. The number of carboxylic acids is 1. The molecule has 1 heterocycles. The average molecular weight is 493 g/mol. The highest BCUT2D eigenvalue weighted by Gasteiger charge is 2.36. The molecule has 9 heteroatoms. The fourth-order valence-electron chi connectivity index (χ4n) is 4.06. The minimum Gasteiger partial charge on any atom is -0.478 e. The number of aliphatic carboxylic acids is 1. The fourth-order valence-corrected chi connectivity index (χ4v) is 4.06. The summed E-state index contributed by atoms with van der Waals surface area (Å²) in [6.07, 6.45) is -1.42. The Kier molecular flexibility index (Phi) is 7.97. The SMILES string of the molecule is CC(Cc1ccc(OC(C)(C)C(=O)O)cc1)NC(=O)c1ccc(N2CCCCC2)c(C(F)(F)F)c1. The van der Waals surface area contributed by atoms with E-state index in [-0.39, 0.29) is 17.3 Å². The summed E-state index contributed by atoms with van der Waals surface area (Å²) < 4.78 is 46.8. The van der Waals surface area contributed by atoms with E-state index in [0.29, 0.717) is 25.3 Å². The number of hydrogen-bond donors (Lipinski definition) is 2. The number of carbonyl (C=O) groups excluding carboxylic acids is 1. The smallest absolute Gasteiger partial charge is 0.418 e. The molecule has 3 rings (SSSR count). The molecule has 1 aliphatic rings. The summed E-state index contributed by atoms with van der Waals surface area (Å²) in [5.74, 6) is -1.27. The zero-order chi connectivity index (χ0) is 25.8. The highest BCUT2D eigenvalue weighted by molar-refractivity contribution is 5.95. The Morgan fingerprint density at radius 1 is 1.06 bits per heavy atom. The molecule has 2 aromatic carbocycles. The average Bonchev–Trinajstić information content (AvgIpc) is 2.79. The van der Waals surface area contributed by atoms with Crippen LogP contribution in [0.15, 0.2) is 42.5 Å². The number of nitrogens with zero attached hydrogens (tertiary/aromatic N) is 1.